The van der Waals surface area contributed by atoms with Gasteiger partial charge in [-0.05, 0) is 19.3 Å². The third-order valence-electron chi connectivity index (χ3n) is 1.73. The molecule has 1 aromatic heterocycles. The summed E-state index contributed by atoms with van der Waals surface area (Å²) >= 11 is 5.55. The Balaban J connectivity index is 2.06. The topological polar surface area (TPSA) is 27.1 Å². The molecular formula is C9H15ClN2O. The van der Waals surface area contributed by atoms with Gasteiger partial charge in [0.2, 0.25) is 0 Å². The van der Waals surface area contributed by atoms with Crippen LogP contribution in [0.3, 0.4) is 0 Å². The SMILES string of the molecule is Cn1cc(OCCCCCCl)cn1. The van der Waals surface area contributed by atoms with Gasteiger partial charge in [0, 0.05) is 12.9 Å². The molecule has 74 valence electrons. The molecular weight excluding hydrogens is 188 g/mol. The number of hydrogen-bond donors (Lipinski definition) is 0. The molecule has 0 atom stereocenters. The zero-order valence-electron chi connectivity index (χ0n) is 7.87. The lowest BCUT2D eigenvalue weighted by Crippen LogP contribution is -1.96. The number of rotatable bonds is 6. The summed E-state index contributed by atoms with van der Waals surface area (Å²) in [6, 6.07) is 0. The molecule has 0 aromatic carbocycles. The van der Waals surface area contributed by atoms with Crippen LogP contribution < -0.4 is 4.74 Å². The molecule has 0 radical (unpaired) electrons. The lowest BCUT2D eigenvalue weighted by atomic mass is 10.3. The van der Waals surface area contributed by atoms with Gasteiger partial charge in [-0.15, -0.1) is 11.6 Å². The van der Waals surface area contributed by atoms with Crippen LogP contribution in [-0.4, -0.2) is 22.3 Å². The van der Waals surface area contributed by atoms with E-state index in [9.17, 15) is 0 Å². The summed E-state index contributed by atoms with van der Waals surface area (Å²) in [6.07, 6.45) is 6.84. The molecule has 1 aromatic rings. The maximum atomic E-state index is 5.55. The van der Waals surface area contributed by atoms with Crippen LogP contribution in [0.2, 0.25) is 0 Å². The largest absolute Gasteiger partial charge is 0.490 e. The normalized spacial score (nSPS) is 10.3. The summed E-state index contributed by atoms with van der Waals surface area (Å²) in [4.78, 5) is 0. The average Bonchev–Trinajstić information content (AvgIpc) is 2.51. The molecule has 1 rings (SSSR count). The van der Waals surface area contributed by atoms with E-state index >= 15 is 0 Å². The molecule has 0 bridgehead atoms. The number of hydrogen-bond acceptors (Lipinski definition) is 2. The Bertz CT molecular complexity index is 237. The second kappa shape index (κ2) is 5.86. The van der Waals surface area contributed by atoms with E-state index in [-0.39, 0.29) is 0 Å². The zero-order valence-corrected chi connectivity index (χ0v) is 8.63. The smallest absolute Gasteiger partial charge is 0.157 e. The number of ether oxygens (including phenoxy) is 1. The first-order valence-electron chi connectivity index (χ1n) is 4.50. The lowest BCUT2D eigenvalue weighted by Gasteiger charge is -2.01. The van der Waals surface area contributed by atoms with E-state index in [1.54, 1.807) is 10.9 Å². The van der Waals surface area contributed by atoms with Gasteiger partial charge >= 0.3 is 0 Å². The summed E-state index contributed by atoms with van der Waals surface area (Å²) in [7, 11) is 1.88. The predicted octanol–water partition coefficient (Wildman–Crippen LogP) is 2.21. The molecule has 3 nitrogen and oxygen atoms in total. The van der Waals surface area contributed by atoms with Crippen LogP contribution >= 0.6 is 11.6 Å². The van der Waals surface area contributed by atoms with Crippen LogP contribution in [0, 0.1) is 0 Å². The third kappa shape index (κ3) is 4.18. The van der Waals surface area contributed by atoms with Crippen molar-refractivity contribution >= 4 is 11.6 Å². The molecule has 0 unspecified atom stereocenters. The van der Waals surface area contributed by atoms with Crippen LogP contribution in [0.4, 0.5) is 0 Å². The number of aryl methyl sites for hydroxylation is 1. The Morgan fingerprint density at radius 3 is 2.92 bits per heavy atom. The summed E-state index contributed by atoms with van der Waals surface area (Å²) in [6.45, 7) is 0.753. The fraction of sp³-hybridized carbons (Fsp3) is 0.667. The van der Waals surface area contributed by atoms with Crippen molar-refractivity contribution in [2.75, 3.05) is 12.5 Å². The van der Waals surface area contributed by atoms with Gasteiger partial charge in [-0.2, -0.15) is 5.10 Å². The molecule has 13 heavy (non-hydrogen) atoms. The first-order valence-corrected chi connectivity index (χ1v) is 5.04. The minimum absolute atomic E-state index is 0.743. The van der Waals surface area contributed by atoms with Crippen LogP contribution in [0.5, 0.6) is 5.75 Å². The maximum Gasteiger partial charge on any atom is 0.157 e. The number of nitrogens with zero attached hydrogens (tertiary/aromatic N) is 2. The number of halogens is 1. The van der Waals surface area contributed by atoms with Gasteiger partial charge < -0.3 is 4.74 Å². The standard InChI is InChI=1S/C9H15ClN2O/c1-12-8-9(7-11-12)13-6-4-2-3-5-10/h7-8H,2-6H2,1H3. The van der Waals surface area contributed by atoms with Gasteiger partial charge in [-0.25, -0.2) is 0 Å². The quantitative estimate of drug-likeness (QED) is 0.523. The zero-order chi connectivity index (χ0) is 9.52. The molecule has 0 fully saturated rings. The van der Waals surface area contributed by atoms with E-state index in [0.717, 1.165) is 37.5 Å². The van der Waals surface area contributed by atoms with Gasteiger partial charge in [0.05, 0.1) is 19.0 Å². The number of unbranched alkanes of at least 4 members (excludes halogenated alkanes) is 2. The number of aromatic nitrogens is 2. The Morgan fingerprint density at radius 1 is 1.46 bits per heavy atom. The summed E-state index contributed by atoms with van der Waals surface area (Å²) in [5.74, 6) is 1.58. The first kappa shape index (κ1) is 10.4. The van der Waals surface area contributed by atoms with Crippen molar-refractivity contribution < 1.29 is 4.74 Å². The van der Waals surface area contributed by atoms with E-state index < -0.39 is 0 Å². The van der Waals surface area contributed by atoms with E-state index in [1.165, 1.54) is 0 Å². The predicted molar refractivity (Wildman–Crippen MR) is 53.3 cm³/mol. The molecule has 0 amide bonds. The fourth-order valence-corrected chi connectivity index (χ4v) is 1.23. The maximum absolute atomic E-state index is 5.55. The fourth-order valence-electron chi connectivity index (χ4n) is 1.04. The van der Waals surface area contributed by atoms with Crippen LogP contribution in [0.1, 0.15) is 19.3 Å². The summed E-state index contributed by atoms with van der Waals surface area (Å²) in [5.41, 5.74) is 0. The van der Waals surface area contributed by atoms with E-state index in [2.05, 4.69) is 5.10 Å². The Morgan fingerprint density at radius 2 is 2.31 bits per heavy atom. The molecule has 0 N–H and O–H groups in total. The summed E-state index contributed by atoms with van der Waals surface area (Å²) in [5, 5.41) is 4.00. The highest BCUT2D eigenvalue weighted by molar-refractivity contribution is 6.17. The van der Waals surface area contributed by atoms with Gasteiger partial charge in [0.15, 0.2) is 5.75 Å². The van der Waals surface area contributed by atoms with Gasteiger partial charge in [-0.1, -0.05) is 0 Å². The van der Waals surface area contributed by atoms with Gasteiger partial charge in [0.25, 0.3) is 0 Å². The molecule has 0 aliphatic rings. The van der Waals surface area contributed by atoms with Gasteiger partial charge in [-0.3, -0.25) is 4.68 Å². The minimum atomic E-state index is 0.743. The molecule has 0 saturated heterocycles. The number of alkyl halides is 1. The third-order valence-corrected chi connectivity index (χ3v) is 2.00. The monoisotopic (exact) mass is 202 g/mol. The van der Waals surface area contributed by atoms with E-state index in [4.69, 9.17) is 16.3 Å². The molecule has 0 aliphatic carbocycles. The first-order chi connectivity index (χ1) is 6.33. The van der Waals surface area contributed by atoms with Crippen molar-refractivity contribution in [3.63, 3.8) is 0 Å². The lowest BCUT2D eigenvalue weighted by molar-refractivity contribution is 0.306. The molecule has 0 saturated carbocycles. The Labute approximate surface area is 83.6 Å². The second-order valence-electron chi connectivity index (χ2n) is 2.95. The second-order valence-corrected chi connectivity index (χ2v) is 3.33. The van der Waals surface area contributed by atoms with Crippen LogP contribution in [-0.2, 0) is 7.05 Å². The molecule has 0 aliphatic heterocycles. The van der Waals surface area contributed by atoms with Crippen molar-refractivity contribution in [3.8, 4) is 5.75 Å². The van der Waals surface area contributed by atoms with Crippen molar-refractivity contribution in [2.24, 2.45) is 7.05 Å². The molecule has 4 heteroatoms. The van der Waals surface area contributed by atoms with Gasteiger partial charge in [0.1, 0.15) is 0 Å². The van der Waals surface area contributed by atoms with Crippen LogP contribution in [0.15, 0.2) is 12.4 Å². The highest BCUT2D eigenvalue weighted by Crippen LogP contribution is 2.08. The van der Waals surface area contributed by atoms with Crippen molar-refractivity contribution in [1.29, 1.82) is 0 Å². The van der Waals surface area contributed by atoms with E-state index in [1.807, 2.05) is 13.2 Å². The van der Waals surface area contributed by atoms with Crippen molar-refractivity contribution in [3.05, 3.63) is 12.4 Å². The highest BCUT2D eigenvalue weighted by Gasteiger charge is 1.95. The van der Waals surface area contributed by atoms with Crippen molar-refractivity contribution in [1.82, 2.24) is 9.78 Å². The van der Waals surface area contributed by atoms with Crippen LogP contribution in [0.25, 0.3) is 0 Å². The average molecular weight is 203 g/mol. The molecule has 0 spiro atoms. The summed E-state index contributed by atoms with van der Waals surface area (Å²) < 4.78 is 7.18. The Hall–Kier alpha value is -0.700. The van der Waals surface area contributed by atoms with E-state index in [0.29, 0.717) is 0 Å². The molecule has 1 heterocycles. The minimum Gasteiger partial charge on any atom is -0.490 e. The Kier molecular flexibility index (Phi) is 4.68. The van der Waals surface area contributed by atoms with Crippen molar-refractivity contribution in [2.45, 2.75) is 19.3 Å². The highest BCUT2D eigenvalue weighted by atomic mass is 35.5.